The summed E-state index contributed by atoms with van der Waals surface area (Å²) < 4.78 is 7.63. The first-order chi connectivity index (χ1) is 12.1. The van der Waals surface area contributed by atoms with Gasteiger partial charge in [-0.1, -0.05) is 12.1 Å². The third-order valence-corrected chi connectivity index (χ3v) is 5.37. The Balaban J connectivity index is 1.85. The maximum atomic E-state index is 11.9. The molecule has 1 saturated heterocycles. The van der Waals surface area contributed by atoms with Crippen LogP contribution < -0.4 is 5.32 Å². The molecule has 0 bridgehead atoms. The number of hydrogen-bond donors (Lipinski definition) is 1. The third-order valence-electron chi connectivity index (χ3n) is 4.28. The van der Waals surface area contributed by atoms with Crippen molar-refractivity contribution in [3.63, 3.8) is 0 Å². The largest absolute Gasteiger partial charge is 0.444 e. The molecule has 1 aromatic rings. The lowest BCUT2D eigenvalue weighted by Crippen LogP contribution is -2.44. The number of carbonyl (C=O) groups excluding carboxylic acids is 2. The van der Waals surface area contributed by atoms with Gasteiger partial charge in [-0.3, -0.25) is 0 Å². The van der Waals surface area contributed by atoms with E-state index in [1.54, 1.807) is 11.9 Å². The molecule has 1 aromatic carbocycles. The van der Waals surface area contributed by atoms with E-state index < -0.39 is 11.0 Å². The molecule has 2 rings (SSSR count). The number of benzene rings is 1. The van der Waals surface area contributed by atoms with E-state index >= 15 is 0 Å². The van der Waals surface area contributed by atoms with Gasteiger partial charge in [0.1, 0.15) is 11.9 Å². The monoisotopic (exact) mass is 378 g/mol. The minimum atomic E-state index is -0.471. The summed E-state index contributed by atoms with van der Waals surface area (Å²) in [6, 6.07) is 8.31. The predicted molar refractivity (Wildman–Crippen MR) is 105 cm³/mol. The number of rotatable bonds is 5. The summed E-state index contributed by atoms with van der Waals surface area (Å²) in [4.78, 5) is 24.3. The number of aldehydes is 1. The molecule has 0 saturated carbocycles. The topological polar surface area (TPSA) is 58.6 Å². The van der Waals surface area contributed by atoms with Crippen LogP contribution in [0.3, 0.4) is 0 Å². The molecule has 5 nitrogen and oxygen atoms in total. The van der Waals surface area contributed by atoms with Crippen molar-refractivity contribution in [3.05, 3.63) is 29.8 Å². The highest BCUT2D eigenvalue weighted by molar-refractivity contribution is 7.97. The van der Waals surface area contributed by atoms with E-state index in [1.807, 2.05) is 46.8 Å². The first-order valence-corrected chi connectivity index (χ1v) is 9.86. The lowest BCUT2D eigenvalue weighted by molar-refractivity contribution is -0.111. The van der Waals surface area contributed by atoms with Crippen LogP contribution in [0.15, 0.2) is 29.2 Å². The molecule has 0 atom stereocenters. The molecule has 1 aliphatic rings. The van der Waals surface area contributed by atoms with Crippen LogP contribution in [-0.4, -0.2) is 41.4 Å². The van der Waals surface area contributed by atoms with Crippen molar-refractivity contribution in [1.29, 1.82) is 0 Å². The van der Waals surface area contributed by atoms with Gasteiger partial charge < -0.3 is 14.8 Å². The summed E-state index contributed by atoms with van der Waals surface area (Å²) in [5.74, 6) is 0. The van der Waals surface area contributed by atoms with Crippen molar-refractivity contribution >= 4 is 24.3 Å². The van der Waals surface area contributed by atoms with E-state index in [0.29, 0.717) is 0 Å². The average Bonchev–Trinajstić information content (AvgIpc) is 2.55. The number of piperidine rings is 1. The van der Waals surface area contributed by atoms with E-state index in [2.05, 4.69) is 21.8 Å². The van der Waals surface area contributed by atoms with Crippen molar-refractivity contribution in [2.24, 2.45) is 0 Å². The predicted octanol–water partition coefficient (Wildman–Crippen LogP) is 4.16. The maximum Gasteiger partial charge on any atom is 0.407 e. The summed E-state index contributed by atoms with van der Waals surface area (Å²) in [7, 11) is 0. The van der Waals surface area contributed by atoms with Gasteiger partial charge in [0, 0.05) is 29.4 Å². The van der Waals surface area contributed by atoms with Crippen molar-refractivity contribution in [3.8, 4) is 0 Å². The number of alkyl carbamates (subject to hydrolysis) is 1. The lowest BCUT2D eigenvalue weighted by Gasteiger charge is -2.32. The Hall–Kier alpha value is -1.53. The van der Waals surface area contributed by atoms with Crippen molar-refractivity contribution in [2.75, 3.05) is 13.1 Å². The molecule has 0 radical (unpaired) electrons. The Morgan fingerprint density at radius 1 is 1.23 bits per heavy atom. The Morgan fingerprint density at radius 3 is 2.46 bits per heavy atom. The number of hydrogen-bond acceptors (Lipinski definition) is 5. The van der Waals surface area contributed by atoms with Gasteiger partial charge in [0.25, 0.3) is 0 Å². The minimum absolute atomic E-state index is 0.155. The van der Waals surface area contributed by atoms with Crippen LogP contribution in [0, 0.1) is 0 Å². The van der Waals surface area contributed by atoms with Crippen LogP contribution in [0.5, 0.6) is 0 Å². The van der Waals surface area contributed by atoms with Gasteiger partial charge in [-0.05, 0) is 77.1 Å². The van der Waals surface area contributed by atoms with E-state index in [1.165, 1.54) is 0 Å². The maximum absolute atomic E-state index is 11.9. The zero-order valence-corrected chi connectivity index (χ0v) is 17.2. The molecule has 1 fully saturated rings. The summed E-state index contributed by atoms with van der Waals surface area (Å²) in [6.45, 7) is 11.2. The quantitative estimate of drug-likeness (QED) is 0.616. The van der Waals surface area contributed by atoms with Gasteiger partial charge >= 0.3 is 6.09 Å². The molecule has 0 aliphatic carbocycles. The van der Waals surface area contributed by atoms with E-state index in [4.69, 9.17) is 4.74 Å². The normalized spacial score (nSPS) is 17.0. The van der Waals surface area contributed by atoms with Crippen molar-refractivity contribution in [2.45, 2.75) is 69.4 Å². The van der Waals surface area contributed by atoms with Gasteiger partial charge in [0.2, 0.25) is 0 Å². The van der Waals surface area contributed by atoms with Crippen LogP contribution in [0.4, 0.5) is 4.79 Å². The first-order valence-electron chi connectivity index (χ1n) is 9.08. The highest BCUT2D eigenvalue weighted by atomic mass is 32.2. The molecule has 144 valence electrons. The smallest absolute Gasteiger partial charge is 0.407 e. The van der Waals surface area contributed by atoms with E-state index in [-0.39, 0.29) is 12.1 Å². The van der Waals surface area contributed by atoms with Gasteiger partial charge in [-0.25, -0.2) is 9.10 Å². The van der Waals surface area contributed by atoms with Crippen LogP contribution in [0.25, 0.3) is 0 Å². The molecule has 0 spiro atoms. The highest BCUT2D eigenvalue weighted by Crippen LogP contribution is 2.30. The van der Waals surface area contributed by atoms with Gasteiger partial charge in [0.15, 0.2) is 0 Å². The Bertz CT molecular complexity index is 632. The fourth-order valence-corrected chi connectivity index (χ4v) is 3.75. The van der Waals surface area contributed by atoms with Crippen LogP contribution in [-0.2, 0) is 14.9 Å². The number of ether oxygens (including phenoxy) is 1. The number of nitrogens with one attached hydrogen (secondary N) is 1. The molecule has 1 aliphatic heterocycles. The summed E-state index contributed by atoms with van der Waals surface area (Å²) in [5.41, 5.74) is 0.0842. The molecule has 6 heteroatoms. The zero-order chi connectivity index (χ0) is 19.4. The van der Waals surface area contributed by atoms with Crippen LogP contribution >= 0.6 is 11.9 Å². The summed E-state index contributed by atoms with van der Waals surface area (Å²) >= 11 is 1.71. The van der Waals surface area contributed by atoms with Gasteiger partial charge in [-0.15, -0.1) is 0 Å². The van der Waals surface area contributed by atoms with Crippen molar-refractivity contribution in [1.82, 2.24) is 9.62 Å². The Labute approximate surface area is 161 Å². The number of carbonyl (C=O) groups is 2. The van der Waals surface area contributed by atoms with E-state index in [9.17, 15) is 9.59 Å². The zero-order valence-electron chi connectivity index (χ0n) is 16.4. The van der Waals surface area contributed by atoms with E-state index in [0.717, 1.165) is 42.7 Å². The molecule has 1 heterocycles. The highest BCUT2D eigenvalue weighted by Gasteiger charge is 2.25. The van der Waals surface area contributed by atoms with Gasteiger partial charge in [-0.2, -0.15) is 0 Å². The second kappa shape index (κ2) is 8.44. The fraction of sp³-hybridized carbons (Fsp3) is 0.600. The Morgan fingerprint density at radius 2 is 1.88 bits per heavy atom. The number of amides is 1. The molecule has 0 aromatic heterocycles. The first kappa shape index (κ1) is 20.8. The number of nitrogens with zero attached hydrogens (tertiary/aromatic N) is 1. The molecule has 0 unspecified atom stereocenters. The molecular weight excluding hydrogens is 348 g/mol. The van der Waals surface area contributed by atoms with Crippen molar-refractivity contribution < 1.29 is 14.3 Å². The summed E-state index contributed by atoms with van der Waals surface area (Å²) in [6.07, 6.45) is 2.44. The standard InChI is InChI=1S/C20H30N2O3S/c1-19(2,3)25-18(24)21-16-9-11-22(12-10-16)26-17-8-6-7-15(13-17)20(4,5)14-23/h6-8,13-14,16H,9-12H2,1-5H3,(H,21,24). The SMILES string of the molecule is CC(C)(C)OC(=O)NC1CCN(Sc2cccc(C(C)(C)C=O)c2)CC1. The summed E-state index contributed by atoms with van der Waals surface area (Å²) in [5, 5.41) is 2.96. The molecule has 1 amide bonds. The third kappa shape index (κ3) is 6.32. The average molecular weight is 379 g/mol. The van der Waals surface area contributed by atoms with Crippen LogP contribution in [0.2, 0.25) is 0 Å². The van der Waals surface area contributed by atoms with Gasteiger partial charge in [0.05, 0.1) is 0 Å². The second-order valence-corrected chi connectivity index (χ2v) is 9.48. The van der Waals surface area contributed by atoms with Crippen LogP contribution in [0.1, 0.15) is 53.0 Å². The molecule has 26 heavy (non-hydrogen) atoms. The molecule has 1 N–H and O–H groups in total. The Kier molecular flexibility index (Phi) is 6.74. The second-order valence-electron chi connectivity index (χ2n) is 8.31. The minimum Gasteiger partial charge on any atom is -0.444 e. The lowest BCUT2D eigenvalue weighted by atomic mass is 9.86. The molecular formula is C20H30N2O3S. The fourth-order valence-electron chi connectivity index (χ4n) is 2.74.